The zero-order chi connectivity index (χ0) is 27.8. The third kappa shape index (κ3) is 7.02. The van der Waals surface area contributed by atoms with E-state index in [1.165, 1.54) is 11.8 Å². The summed E-state index contributed by atoms with van der Waals surface area (Å²) in [4.78, 5) is 26.2. The molecule has 0 saturated carbocycles. The Morgan fingerprint density at radius 1 is 1.03 bits per heavy atom. The van der Waals surface area contributed by atoms with Gasteiger partial charge >= 0.3 is 0 Å². The molecule has 7 nitrogen and oxygen atoms in total. The molecule has 0 radical (unpaired) electrons. The second-order valence-electron chi connectivity index (χ2n) is 8.62. The number of carbonyl (C=O) groups is 2. The van der Waals surface area contributed by atoms with Crippen molar-refractivity contribution in [3.8, 4) is 11.8 Å². The molecule has 1 aliphatic heterocycles. The summed E-state index contributed by atoms with van der Waals surface area (Å²) in [6.45, 7) is 4.22. The molecule has 1 heterocycles. The Morgan fingerprint density at radius 3 is 2.41 bits per heavy atom. The summed E-state index contributed by atoms with van der Waals surface area (Å²) in [5.74, 6) is -0.467. The molecule has 1 unspecified atom stereocenters. The number of nitrogens with zero attached hydrogens (tertiary/aromatic N) is 1. The van der Waals surface area contributed by atoms with Crippen LogP contribution in [0.1, 0.15) is 25.3 Å². The molecule has 2 amide bonds. The van der Waals surface area contributed by atoms with Crippen LogP contribution in [-0.2, 0) is 9.59 Å². The van der Waals surface area contributed by atoms with Crippen molar-refractivity contribution in [1.82, 2.24) is 5.32 Å². The van der Waals surface area contributed by atoms with Crippen molar-refractivity contribution < 1.29 is 14.3 Å². The third-order valence-electron chi connectivity index (χ3n) is 5.90. The molecule has 9 heteroatoms. The molecule has 1 atom stereocenters. The van der Waals surface area contributed by atoms with E-state index in [0.717, 1.165) is 5.56 Å². The van der Waals surface area contributed by atoms with Crippen molar-refractivity contribution in [3.05, 3.63) is 111 Å². The summed E-state index contributed by atoms with van der Waals surface area (Å²) in [7, 11) is 0. The fraction of sp³-hybridized carbons (Fsp3) is 0.167. The number of anilines is 2. The average molecular weight is 559 g/mol. The van der Waals surface area contributed by atoms with Gasteiger partial charge in [0.15, 0.2) is 0 Å². The standard InChI is InChI=1S/C30H27ClN4O3S/c1-3-38-24-14-12-20(13-15-24)28-25(17-32)30(39-18-26(36)34-23-11-7-8-21(31)16-23)33-19(2)27(28)29(37)35-22-9-5-4-6-10-22/h4-16,28,33H,3,18H2,1-2H3,(H,34,36)(H,35,37). The molecule has 0 bridgehead atoms. The topological polar surface area (TPSA) is 103 Å². The Kier molecular flexibility index (Phi) is 9.31. The van der Waals surface area contributed by atoms with Gasteiger partial charge in [0.05, 0.1) is 34.9 Å². The number of nitrogens with one attached hydrogen (secondary N) is 3. The lowest BCUT2D eigenvalue weighted by Crippen LogP contribution is -2.31. The van der Waals surface area contributed by atoms with Crippen LogP contribution in [0.4, 0.5) is 11.4 Å². The van der Waals surface area contributed by atoms with Gasteiger partial charge in [-0.1, -0.05) is 59.8 Å². The molecular formula is C30H27ClN4O3S. The van der Waals surface area contributed by atoms with Crippen LogP contribution in [0, 0.1) is 11.3 Å². The zero-order valence-corrected chi connectivity index (χ0v) is 23.0. The van der Waals surface area contributed by atoms with Gasteiger partial charge in [0.1, 0.15) is 5.75 Å². The number of para-hydroxylation sites is 1. The molecule has 0 spiro atoms. The predicted molar refractivity (Wildman–Crippen MR) is 156 cm³/mol. The van der Waals surface area contributed by atoms with Crippen molar-refractivity contribution in [2.75, 3.05) is 23.0 Å². The summed E-state index contributed by atoms with van der Waals surface area (Å²) in [5, 5.41) is 20.3. The van der Waals surface area contributed by atoms with E-state index in [0.29, 0.717) is 50.6 Å². The number of ether oxygens (including phenoxy) is 1. The van der Waals surface area contributed by atoms with E-state index in [4.69, 9.17) is 16.3 Å². The van der Waals surface area contributed by atoms with Gasteiger partial charge in [-0.05, 0) is 61.9 Å². The van der Waals surface area contributed by atoms with Gasteiger partial charge in [-0.25, -0.2) is 0 Å². The molecule has 4 rings (SSSR count). The van der Waals surface area contributed by atoms with Crippen LogP contribution in [0.3, 0.4) is 0 Å². The quantitative estimate of drug-likeness (QED) is 0.279. The number of dihydropyridines is 1. The molecular weight excluding hydrogens is 532 g/mol. The maximum Gasteiger partial charge on any atom is 0.254 e. The van der Waals surface area contributed by atoms with Crippen LogP contribution in [0.5, 0.6) is 5.75 Å². The lowest BCUT2D eigenvalue weighted by Gasteiger charge is -2.30. The van der Waals surface area contributed by atoms with E-state index in [9.17, 15) is 14.9 Å². The van der Waals surface area contributed by atoms with E-state index in [2.05, 4.69) is 22.0 Å². The highest BCUT2D eigenvalue weighted by Crippen LogP contribution is 2.41. The second kappa shape index (κ2) is 13.1. The van der Waals surface area contributed by atoms with Gasteiger partial charge in [-0.2, -0.15) is 5.26 Å². The molecule has 3 aromatic carbocycles. The number of thioether (sulfide) groups is 1. The molecule has 198 valence electrons. The second-order valence-corrected chi connectivity index (χ2v) is 10.0. The molecule has 0 aliphatic carbocycles. The lowest BCUT2D eigenvalue weighted by atomic mass is 9.82. The monoisotopic (exact) mass is 558 g/mol. The Balaban J connectivity index is 1.64. The lowest BCUT2D eigenvalue weighted by molar-refractivity contribution is -0.114. The SMILES string of the molecule is CCOc1ccc(C2C(C#N)=C(SCC(=O)Nc3cccc(Cl)c3)NC(C)=C2C(=O)Nc2ccccc2)cc1. The van der Waals surface area contributed by atoms with E-state index >= 15 is 0 Å². The highest BCUT2D eigenvalue weighted by atomic mass is 35.5. The van der Waals surface area contributed by atoms with E-state index in [-0.39, 0.29) is 17.6 Å². The zero-order valence-electron chi connectivity index (χ0n) is 21.5. The maximum absolute atomic E-state index is 13.5. The summed E-state index contributed by atoms with van der Waals surface area (Å²) in [5.41, 5.74) is 3.36. The number of hydrogen-bond donors (Lipinski definition) is 3. The largest absolute Gasteiger partial charge is 0.494 e. The number of halogens is 1. The first-order chi connectivity index (χ1) is 18.9. The molecule has 0 fully saturated rings. The van der Waals surface area contributed by atoms with Crippen LogP contribution in [0.2, 0.25) is 5.02 Å². The molecule has 1 aliphatic rings. The first kappa shape index (κ1) is 27.8. The summed E-state index contributed by atoms with van der Waals surface area (Å²) in [6, 6.07) is 25.7. The summed E-state index contributed by atoms with van der Waals surface area (Å²) < 4.78 is 5.58. The molecule has 39 heavy (non-hydrogen) atoms. The first-order valence-electron chi connectivity index (χ1n) is 12.3. The number of hydrogen-bond acceptors (Lipinski definition) is 6. The first-order valence-corrected chi connectivity index (χ1v) is 13.7. The Morgan fingerprint density at radius 2 is 1.74 bits per heavy atom. The number of nitriles is 1. The van der Waals surface area contributed by atoms with Crippen LogP contribution >= 0.6 is 23.4 Å². The average Bonchev–Trinajstić information content (AvgIpc) is 2.92. The molecule has 0 aromatic heterocycles. The van der Waals surface area contributed by atoms with Crippen LogP contribution in [0.25, 0.3) is 0 Å². The normalized spacial score (nSPS) is 14.8. The van der Waals surface area contributed by atoms with Crippen LogP contribution < -0.4 is 20.7 Å². The predicted octanol–water partition coefficient (Wildman–Crippen LogP) is 6.45. The minimum absolute atomic E-state index is 0.0504. The number of amides is 2. The van der Waals surface area contributed by atoms with Gasteiger partial charge in [0.2, 0.25) is 5.91 Å². The summed E-state index contributed by atoms with van der Waals surface area (Å²) >= 11 is 7.22. The third-order valence-corrected chi connectivity index (χ3v) is 7.16. The minimum atomic E-state index is -0.644. The molecule has 3 N–H and O–H groups in total. The number of carbonyl (C=O) groups excluding carboxylic acids is 2. The molecule has 3 aromatic rings. The van der Waals surface area contributed by atoms with Gasteiger partial charge in [-0.3, -0.25) is 9.59 Å². The summed E-state index contributed by atoms with van der Waals surface area (Å²) in [6.07, 6.45) is 0. The fourth-order valence-corrected chi connectivity index (χ4v) is 5.29. The van der Waals surface area contributed by atoms with Crippen molar-refractivity contribution in [2.45, 2.75) is 19.8 Å². The number of benzene rings is 3. The van der Waals surface area contributed by atoms with Crippen LogP contribution in [-0.4, -0.2) is 24.2 Å². The Labute approximate surface area is 236 Å². The van der Waals surface area contributed by atoms with Gasteiger partial charge in [0, 0.05) is 27.7 Å². The van der Waals surface area contributed by atoms with Crippen LogP contribution in [0.15, 0.2) is 101 Å². The Bertz CT molecular complexity index is 1460. The number of rotatable bonds is 9. The Hall–Kier alpha value is -4.19. The van der Waals surface area contributed by atoms with Crippen molar-refractivity contribution in [2.24, 2.45) is 0 Å². The highest BCUT2D eigenvalue weighted by Gasteiger charge is 2.35. The van der Waals surface area contributed by atoms with Gasteiger partial charge in [-0.15, -0.1) is 0 Å². The van der Waals surface area contributed by atoms with E-state index < -0.39 is 5.92 Å². The number of allylic oxidation sites excluding steroid dienone is 2. The minimum Gasteiger partial charge on any atom is -0.494 e. The van der Waals surface area contributed by atoms with Gasteiger partial charge < -0.3 is 20.7 Å². The highest BCUT2D eigenvalue weighted by molar-refractivity contribution is 8.03. The van der Waals surface area contributed by atoms with Crippen molar-refractivity contribution in [3.63, 3.8) is 0 Å². The van der Waals surface area contributed by atoms with E-state index in [1.54, 1.807) is 43.3 Å². The fourth-order valence-electron chi connectivity index (χ4n) is 4.20. The van der Waals surface area contributed by atoms with E-state index in [1.807, 2.05) is 49.4 Å². The maximum atomic E-state index is 13.5. The van der Waals surface area contributed by atoms with Crippen molar-refractivity contribution >= 4 is 46.6 Å². The van der Waals surface area contributed by atoms with Crippen molar-refractivity contribution in [1.29, 1.82) is 5.26 Å². The van der Waals surface area contributed by atoms with Gasteiger partial charge in [0.25, 0.3) is 5.91 Å². The molecule has 0 saturated heterocycles. The smallest absolute Gasteiger partial charge is 0.254 e.